The van der Waals surface area contributed by atoms with Crippen LogP contribution in [0.3, 0.4) is 0 Å². The van der Waals surface area contributed by atoms with E-state index < -0.39 is 0 Å². The van der Waals surface area contributed by atoms with E-state index in [1.807, 2.05) is 41.9 Å². The van der Waals surface area contributed by atoms with Crippen molar-refractivity contribution in [3.8, 4) is 5.69 Å². The standard InChI is InChI=1S/C25H22N4/c1-18-24-25(29(28-18)21-15-9-4-10-16-21)27-23(20-13-7-3-8-14-20)17-22(26-24)19-11-5-2-6-12-19/h2-17,23,26-27H,1H3/t23-/m0/s1. The van der Waals surface area contributed by atoms with Crippen LogP contribution in [0.25, 0.3) is 11.4 Å². The third-order valence-electron chi connectivity index (χ3n) is 5.19. The fourth-order valence-corrected chi connectivity index (χ4v) is 3.72. The zero-order valence-corrected chi connectivity index (χ0v) is 16.2. The molecule has 0 radical (unpaired) electrons. The monoisotopic (exact) mass is 378 g/mol. The number of aryl methyl sites for hydroxylation is 1. The molecule has 0 unspecified atom stereocenters. The van der Waals surface area contributed by atoms with Gasteiger partial charge in [-0.25, -0.2) is 4.68 Å². The Labute approximate surface area is 170 Å². The van der Waals surface area contributed by atoms with E-state index in [1.165, 1.54) is 5.56 Å². The topological polar surface area (TPSA) is 41.9 Å². The molecule has 0 fully saturated rings. The summed E-state index contributed by atoms with van der Waals surface area (Å²) in [5.41, 5.74) is 6.40. The van der Waals surface area contributed by atoms with Gasteiger partial charge < -0.3 is 10.6 Å². The van der Waals surface area contributed by atoms with Crippen molar-refractivity contribution in [3.63, 3.8) is 0 Å². The Hall–Kier alpha value is -3.79. The van der Waals surface area contributed by atoms with E-state index in [1.54, 1.807) is 0 Å². The number of nitrogens with one attached hydrogen (secondary N) is 2. The molecule has 1 aromatic heterocycles. The van der Waals surface area contributed by atoms with Gasteiger partial charge in [0.25, 0.3) is 0 Å². The summed E-state index contributed by atoms with van der Waals surface area (Å²) >= 11 is 0. The molecule has 0 saturated heterocycles. The lowest BCUT2D eigenvalue weighted by atomic mass is 10.0. The van der Waals surface area contributed by atoms with Gasteiger partial charge in [-0.2, -0.15) is 5.10 Å². The van der Waals surface area contributed by atoms with Gasteiger partial charge >= 0.3 is 0 Å². The fraction of sp³-hybridized carbons (Fsp3) is 0.0800. The summed E-state index contributed by atoms with van der Waals surface area (Å²) in [6.07, 6.45) is 2.25. The van der Waals surface area contributed by atoms with Crippen LogP contribution in [-0.2, 0) is 0 Å². The first kappa shape index (κ1) is 17.3. The van der Waals surface area contributed by atoms with Crippen LogP contribution in [0.5, 0.6) is 0 Å². The quantitative estimate of drug-likeness (QED) is 0.473. The zero-order valence-electron chi connectivity index (χ0n) is 16.2. The summed E-state index contributed by atoms with van der Waals surface area (Å²) in [5.74, 6) is 0.963. The summed E-state index contributed by atoms with van der Waals surface area (Å²) in [6, 6.07) is 31.2. The second-order valence-corrected chi connectivity index (χ2v) is 7.16. The average Bonchev–Trinajstić information content (AvgIpc) is 2.97. The van der Waals surface area contributed by atoms with Crippen molar-refractivity contribution >= 4 is 17.2 Å². The van der Waals surface area contributed by atoms with Gasteiger partial charge in [0.05, 0.1) is 17.4 Å². The SMILES string of the molecule is Cc1nn(-c2ccccc2)c2c1NC(c1ccccc1)=C[C@@H](c1ccccc1)N2. The van der Waals surface area contributed by atoms with E-state index in [0.717, 1.165) is 34.1 Å². The minimum atomic E-state index is 0.0127. The number of para-hydroxylation sites is 1. The number of aromatic nitrogens is 2. The van der Waals surface area contributed by atoms with Crippen LogP contribution in [-0.4, -0.2) is 9.78 Å². The van der Waals surface area contributed by atoms with Crippen LogP contribution >= 0.6 is 0 Å². The molecule has 0 bridgehead atoms. The Bertz CT molecular complexity index is 1150. The first-order valence-corrected chi connectivity index (χ1v) is 9.80. The Morgan fingerprint density at radius 2 is 1.41 bits per heavy atom. The minimum absolute atomic E-state index is 0.0127. The Kier molecular flexibility index (Phi) is 4.37. The highest BCUT2D eigenvalue weighted by Crippen LogP contribution is 2.38. The van der Waals surface area contributed by atoms with E-state index in [-0.39, 0.29) is 6.04 Å². The molecule has 29 heavy (non-hydrogen) atoms. The van der Waals surface area contributed by atoms with E-state index in [2.05, 4.69) is 77.4 Å². The van der Waals surface area contributed by atoms with Crippen LogP contribution in [0.1, 0.15) is 22.9 Å². The molecule has 3 aromatic carbocycles. The van der Waals surface area contributed by atoms with Gasteiger partial charge in [-0.3, -0.25) is 0 Å². The molecular weight excluding hydrogens is 356 g/mol. The van der Waals surface area contributed by atoms with Gasteiger partial charge in [-0.05, 0) is 36.3 Å². The molecule has 5 rings (SSSR count). The first-order valence-electron chi connectivity index (χ1n) is 9.80. The maximum atomic E-state index is 4.82. The Morgan fingerprint density at radius 3 is 2.10 bits per heavy atom. The number of nitrogens with zero attached hydrogens (tertiary/aromatic N) is 2. The molecule has 0 amide bonds. The highest BCUT2D eigenvalue weighted by Gasteiger charge is 2.24. The third kappa shape index (κ3) is 3.29. The molecule has 4 aromatic rings. The van der Waals surface area contributed by atoms with Crippen molar-refractivity contribution in [2.24, 2.45) is 0 Å². The van der Waals surface area contributed by atoms with Crippen molar-refractivity contribution < 1.29 is 0 Å². The molecule has 1 aliphatic heterocycles. The lowest BCUT2D eigenvalue weighted by molar-refractivity contribution is 0.845. The zero-order chi connectivity index (χ0) is 19.6. The molecule has 0 aliphatic carbocycles. The van der Waals surface area contributed by atoms with Crippen LogP contribution in [0.15, 0.2) is 97.1 Å². The van der Waals surface area contributed by atoms with E-state index in [9.17, 15) is 0 Å². The number of rotatable bonds is 3. The molecular formula is C25H22N4. The van der Waals surface area contributed by atoms with Gasteiger partial charge in [0, 0.05) is 5.70 Å². The maximum Gasteiger partial charge on any atom is 0.154 e. The van der Waals surface area contributed by atoms with Gasteiger partial charge in [0.1, 0.15) is 5.69 Å². The lowest BCUT2D eigenvalue weighted by Gasteiger charge is -2.17. The molecule has 0 spiro atoms. The molecule has 4 nitrogen and oxygen atoms in total. The summed E-state index contributed by atoms with van der Waals surface area (Å²) in [6.45, 7) is 2.04. The molecule has 2 heterocycles. The number of benzene rings is 3. The van der Waals surface area contributed by atoms with E-state index in [4.69, 9.17) is 5.10 Å². The lowest BCUT2D eigenvalue weighted by Crippen LogP contribution is -2.11. The summed E-state index contributed by atoms with van der Waals surface area (Å²) in [4.78, 5) is 0. The number of hydrogen-bond donors (Lipinski definition) is 2. The molecule has 142 valence electrons. The van der Waals surface area contributed by atoms with E-state index >= 15 is 0 Å². The highest BCUT2D eigenvalue weighted by atomic mass is 15.4. The van der Waals surface area contributed by atoms with Crippen molar-refractivity contribution in [2.75, 3.05) is 10.6 Å². The minimum Gasteiger partial charge on any atom is -0.358 e. The summed E-state index contributed by atoms with van der Waals surface area (Å²) in [5, 5.41) is 12.2. The molecule has 4 heteroatoms. The Balaban J connectivity index is 1.67. The predicted molar refractivity (Wildman–Crippen MR) is 119 cm³/mol. The van der Waals surface area contributed by atoms with Gasteiger partial charge in [-0.15, -0.1) is 0 Å². The van der Waals surface area contributed by atoms with Crippen LogP contribution < -0.4 is 10.6 Å². The smallest absolute Gasteiger partial charge is 0.154 e. The van der Waals surface area contributed by atoms with Gasteiger partial charge in [-0.1, -0.05) is 78.9 Å². The normalized spacial score (nSPS) is 15.5. The number of anilines is 2. The number of fused-ring (bicyclic) bond motifs is 1. The van der Waals surface area contributed by atoms with Crippen molar-refractivity contribution in [1.82, 2.24) is 9.78 Å². The second-order valence-electron chi connectivity index (χ2n) is 7.16. The van der Waals surface area contributed by atoms with Gasteiger partial charge in [0.15, 0.2) is 5.82 Å². The summed E-state index contributed by atoms with van der Waals surface area (Å²) < 4.78 is 1.98. The molecule has 2 N–H and O–H groups in total. The van der Waals surface area contributed by atoms with Gasteiger partial charge in [0.2, 0.25) is 0 Å². The molecule has 1 atom stereocenters. The van der Waals surface area contributed by atoms with Crippen molar-refractivity contribution in [1.29, 1.82) is 0 Å². The highest BCUT2D eigenvalue weighted by molar-refractivity contribution is 5.86. The number of hydrogen-bond acceptors (Lipinski definition) is 3. The average molecular weight is 378 g/mol. The molecule has 0 saturated carbocycles. The Morgan fingerprint density at radius 1 is 0.793 bits per heavy atom. The third-order valence-corrected chi connectivity index (χ3v) is 5.19. The van der Waals surface area contributed by atoms with Crippen molar-refractivity contribution in [3.05, 3.63) is 114 Å². The second kappa shape index (κ2) is 7.32. The van der Waals surface area contributed by atoms with E-state index in [0.29, 0.717) is 0 Å². The maximum absolute atomic E-state index is 4.82. The molecule has 1 aliphatic rings. The van der Waals surface area contributed by atoms with Crippen LogP contribution in [0.4, 0.5) is 11.5 Å². The summed E-state index contributed by atoms with van der Waals surface area (Å²) in [7, 11) is 0. The predicted octanol–water partition coefficient (Wildman–Crippen LogP) is 5.80. The first-order chi connectivity index (χ1) is 14.3. The largest absolute Gasteiger partial charge is 0.358 e. The fourth-order valence-electron chi connectivity index (χ4n) is 3.72. The van der Waals surface area contributed by atoms with Crippen LogP contribution in [0, 0.1) is 6.92 Å². The van der Waals surface area contributed by atoms with Crippen LogP contribution in [0.2, 0.25) is 0 Å². The van der Waals surface area contributed by atoms with Crippen molar-refractivity contribution in [2.45, 2.75) is 13.0 Å².